The van der Waals surface area contributed by atoms with Gasteiger partial charge in [0.2, 0.25) is 16.0 Å². The smallest absolute Gasteiger partial charge is 0.229 e. The Kier molecular flexibility index (Phi) is 6.27. The number of aryl methyl sites for hydroxylation is 1. The van der Waals surface area contributed by atoms with Gasteiger partial charge in [0.25, 0.3) is 0 Å². The second kappa shape index (κ2) is 9.51. The molecule has 0 atom stereocenters. The lowest BCUT2D eigenvalue weighted by Crippen LogP contribution is -2.48. The molecular formula is C24H27N7O3S. The van der Waals surface area contributed by atoms with Crippen LogP contribution in [0.4, 0.5) is 34.5 Å². The Labute approximate surface area is 204 Å². The fraction of sp³-hybridized carbons (Fsp3) is 0.292. The molecule has 10 nitrogen and oxygen atoms in total. The molecule has 0 radical (unpaired) electrons. The lowest BCUT2D eigenvalue weighted by Gasteiger charge is -2.34. The zero-order valence-corrected chi connectivity index (χ0v) is 20.4. The van der Waals surface area contributed by atoms with E-state index in [1.165, 1.54) is 10.6 Å². The van der Waals surface area contributed by atoms with E-state index in [0.717, 1.165) is 34.1 Å². The number of nitrogens with one attached hydrogen (secondary N) is 2. The maximum absolute atomic E-state index is 11.7. The molecule has 182 valence electrons. The molecule has 1 saturated heterocycles. The second-order valence-corrected chi connectivity index (χ2v) is 10.5. The Morgan fingerprint density at radius 2 is 1.71 bits per heavy atom. The molecule has 2 aromatic carbocycles. The maximum Gasteiger partial charge on any atom is 0.229 e. The molecule has 11 heteroatoms. The van der Waals surface area contributed by atoms with E-state index in [1.807, 2.05) is 49.4 Å². The van der Waals surface area contributed by atoms with Crippen LogP contribution in [0.25, 0.3) is 0 Å². The average Bonchev–Trinajstić information content (AvgIpc) is 2.86. The summed E-state index contributed by atoms with van der Waals surface area (Å²) in [5, 5.41) is 6.59. The molecule has 35 heavy (non-hydrogen) atoms. The second-order valence-electron chi connectivity index (χ2n) is 8.48. The molecule has 0 saturated carbocycles. The first-order chi connectivity index (χ1) is 16.8. The van der Waals surface area contributed by atoms with Crippen LogP contribution in [0.15, 0.2) is 53.7 Å². The number of aromatic nitrogens is 2. The van der Waals surface area contributed by atoms with Gasteiger partial charge in [-0.3, -0.25) is 4.99 Å². The summed E-state index contributed by atoms with van der Waals surface area (Å²) in [6.45, 7) is 4.75. The first kappa shape index (κ1) is 23.1. The van der Waals surface area contributed by atoms with Crippen LogP contribution in [0.1, 0.15) is 5.56 Å². The number of hydrogen-bond donors (Lipinski definition) is 2. The topological polar surface area (TPSA) is 112 Å². The van der Waals surface area contributed by atoms with Gasteiger partial charge in [0.05, 0.1) is 6.26 Å². The summed E-state index contributed by atoms with van der Waals surface area (Å²) < 4.78 is 30.5. The molecule has 0 aliphatic carbocycles. The van der Waals surface area contributed by atoms with Gasteiger partial charge in [-0.15, -0.1) is 0 Å². The molecule has 3 aromatic rings. The molecular weight excluding hydrogens is 466 g/mol. The SMILES string of the molecule is Cc1cnc(Nc2ccc(N3CCN(S(C)(=O)=O)CC3)cc2)nc1Nc1ccc2c(c1)N=CCO2. The monoisotopic (exact) mass is 493 g/mol. The van der Waals surface area contributed by atoms with Crippen LogP contribution in [-0.4, -0.2) is 67.9 Å². The first-order valence-electron chi connectivity index (χ1n) is 11.3. The van der Waals surface area contributed by atoms with Gasteiger partial charge in [0.1, 0.15) is 23.9 Å². The minimum atomic E-state index is -3.14. The number of piperazine rings is 1. The van der Waals surface area contributed by atoms with Crippen LogP contribution < -0.4 is 20.3 Å². The fourth-order valence-corrected chi connectivity index (χ4v) is 4.84. The van der Waals surface area contributed by atoms with E-state index in [-0.39, 0.29) is 0 Å². The van der Waals surface area contributed by atoms with Gasteiger partial charge in [-0.2, -0.15) is 9.29 Å². The lowest BCUT2D eigenvalue weighted by atomic mass is 10.2. The van der Waals surface area contributed by atoms with E-state index in [0.29, 0.717) is 44.6 Å². The van der Waals surface area contributed by atoms with E-state index in [4.69, 9.17) is 4.74 Å². The Balaban J connectivity index is 1.25. The van der Waals surface area contributed by atoms with Gasteiger partial charge < -0.3 is 20.3 Å². The number of sulfonamides is 1. The van der Waals surface area contributed by atoms with Crippen molar-refractivity contribution in [2.45, 2.75) is 6.92 Å². The summed E-state index contributed by atoms with van der Waals surface area (Å²) >= 11 is 0. The van der Waals surface area contributed by atoms with Crippen LogP contribution in [0, 0.1) is 6.92 Å². The molecule has 0 bridgehead atoms. The zero-order chi connectivity index (χ0) is 24.4. The van der Waals surface area contributed by atoms with E-state index in [9.17, 15) is 8.42 Å². The number of aliphatic imine (C=N–C) groups is 1. The molecule has 2 aliphatic heterocycles. The number of nitrogens with zero attached hydrogens (tertiary/aromatic N) is 5. The van der Waals surface area contributed by atoms with Crippen molar-refractivity contribution in [3.05, 3.63) is 54.2 Å². The highest BCUT2D eigenvalue weighted by molar-refractivity contribution is 7.88. The minimum absolute atomic E-state index is 0.479. The van der Waals surface area contributed by atoms with Gasteiger partial charge in [0, 0.05) is 61.2 Å². The highest BCUT2D eigenvalue weighted by Crippen LogP contribution is 2.33. The summed E-state index contributed by atoms with van der Waals surface area (Å²) in [6, 6.07) is 13.7. The number of hydrogen-bond acceptors (Lipinski definition) is 9. The van der Waals surface area contributed by atoms with Crippen molar-refractivity contribution in [3.63, 3.8) is 0 Å². The third-order valence-corrected chi connectivity index (χ3v) is 7.24. The van der Waals surface area contributed by atoms with Crippen LogP contribution in [-0.2, 0) is 10.0 Å². The number of ether oxygens (including phenoxy) is 1. The predicted octanol–water partition coefficient (Wildman–Crippen LogP) is 3.45. The van der Waals surface area contributed by atoms with Crippen molar-refractivity contribution in [2.75, 3.05) is 54.6 Å². The average molecular weight is 494 g/mol. The van der Waals surface area contributed by atoms with Crippen molar-refractivity contribution in [3.8, 4) is 5.75 Å². The van der Waals surface area contributed by atoms with Crippen LogP contribution in [0.5, 0.6) is 5.75 Å². The Hall–Kier alpha value is -3.70. The number of rotatable bonds is 6. The molecule has 1 fully saturated rings. The summed E-state index contributed by atoms with van der Waals surface area (Å²) in [5.41, 5.74) is 4.47. The van der Waals surface area contributed by atoms with Crippen molar-refractivity contribution in [1.29, 1.82) is 0 Å². The maximum atomic E-state index is 11.7. The summed E-state index contributed by atoms with van der Waals surface area (Å²) in [4.78, 5) is 15.6. The van der Waals surface area contributed by atoms with Crippen molar-refractivity contribution in [2.24, 2.45) is 4.99 Å². The van der Waals surface area contributed by atoms with E-state index < -0.39 is 10.0 Å². The van der Waals surface area contributed by atoms with Gasteiger partial charge in [-0.05, 0) is 49.4 Å². The van der Waals surface area contributed by atoms with Crippen molar-refractivity contribution >= 4 is 50.8 Å². The minimum Gasteiger partial charge on any atom is -0.486 e. The quantitative estimate of drug-likeness (QED) is 0.537. The molecule has 0 spiro atoms. The van der Waals surface area contributed by atoms with Gasteiger partial charge in [0.15, 0.2) is 0 Å². The summed E-state index contributed by atoms with van der Waals surface area (Å²) in [6.07, 6.45) is 4.77. The van der Waals surface area contributed by atoms with Crippen molar-refractivity contribution < 1.29 is 13.2 Å². The van der Waals surface area contributed by atoms with Gasteiger partial charge >= 0.3 is 0 Å². The Morgan fingerprint density at radius 3 is 2.46 bits per heavy atom. The largest absolute Gasteiger partial charge is 0.486 e. The Bertz CT molecular complexity index is 1350. The number of fused-ring (bicyclic) bond motifs is 1. The van der Waals surface area contributed by atoms with E-state index in [2.05, 4.69) is 30.5 Å². The lowest BCUT2D eigenvalue weighted by molar-refractivity contribution is 0.377. The van der Waals surface area contributed by atoms with Gasteiger partial charge in [-0.1, -0.05) is 0 Å². The standard InChI is InChI=1S/C24H27N7O3S/c1-17-16-26-24(29-23(17)27-19-5-8-22-21(15-19)25-9-14-34-22)28-18-3-6-20(7-4-18)30-10-12-31(13-11-30)35(2,32)33/h3-9,15-16H,10-14H2,1-2H3,(H2,26,27,28,29). The van der Waals surface area contributed by atoms with Crippen LogP contribution in [0.3, 0.4) is 0 Å². The van der Waals surface area contributed by atoms with Crippen molar-refractivity contribution in [1.82, 2.24) is 14.3 Å². The van der Waals surface area contributed by atoms with Crippen LogP contribution in [0.2, 0.25) is 0 Å². The third-order valence-electron chi connectivity index (χ3n) is 5.93. The summed E-state index contributed by atoms with van der Waals surface area (Å²) in [5.74, 6) is 1.94. The molecule has 0 amide bonds. The molecule has 2 aliphatic rings. The summed E-state index contributed by atoms with van der Waals surface area (Å²) in [7, 11) is -3.14. The third kappa shape index (κ3) is 5.36. The van der Waals surface area contributed by atoms with E-state index in [1.54, 1.807) is 12.4 Å². The molecule has 3 heterocycles. The normalized spacial score (nSPS) is 15.9. The highest BCUT2D eigenvalue weighted by Gasteiger charge is 2.23. The fourth-order valence-electron chi connectivity index (χ4n) is 4.01. The van der Waals surface area contributed by atoms with Gasteiger partial charge in [-0.25, -0.2) is 13.4 Å². The molecule has 0 unspecified atom stereocenters. The first-order valence-corrected chi connectivity index (χ1v) is 13.2. The highest BCUT2D eigenvalue weighted by atomic mass is 32.2. The molecule has 5 rings (SSSR count). The molecule has 1 aromatic heterocycles. The van der Waals surface area contributed by atoms with Crippen LogP contribution >= 0.6 is 0 Å². The number of benzene rings is 2. The number of anilines is 5. The zero-order valence-electron chi connectivity index (χ0n) is 19.6. The predicted molar refractivity (Wildman–Crippen MR) is 138 cm³/mol. The Morgan fingerprint density at radius 1 is 0.971 bits per heavy atom. The van der Waals surface area contributed by atoms with E-state index >= 15 is 0 Å². The molecule has 2 N–H and O–H groups in total.